The molecule has 1 heterocycles. The molecule has 1 N–H and O–H groups in total. The van der Waals surface area contributed by atoms with Gasteiger partial charge in [-0.1, -0.05) is 17.3 Å². The van der Waals surface area contributed by atoms with Crippen LogP contribution in [0.1, 0.15) is 44.4 Å². The van der Waals surface area contributed by atoms with Crippen molar-refractivity contribution in [1.82, 2.24) is 15.5 Å². The Morgan fingerprint density at radius 3 is 2.61 bits per heavy atom. The highest BCUT2D eigenvalue weighted by molar-refractivity contribution is 5.83. The molecule has 6 rings (SSSR count). The molecule has 1 aromatic carbocycles. The van der Waals surface area contributed by atoms with E-state index in [-0.39, 0.29) is 11.3 Å². The lowest BCUT2D eigenvalue weighted by Gasteiger charge is -2.55. The first-order valence-corrected chi connectivity index (χ1v) is 10.4. The van der Waals surface area contributed by atoms with Crippen molar-refractivity contribution in [2.75, 3.05) is 13.7 Å². The lowest BCUT2D eigenvalue weighted by Crippen LogP contribution is -2.53. The number of amides is 1. The van der Waals surface area contributed by atoms with Gasteiger partial charge in [-0.2, -0.15) is 4.98 Å². The van der Waals surface area contributed by atoms with Gasteiger partial charge in [-0.15, -0.1) is 0 Å². The number of aromatic nitrogens is 2. The average molecular weight is 381 g/mol. The molecule has 148 valence electrons. The monoisotopic (exact) mass is 381 g/mol. The number of carbonyl (C=O) groups is 1. The maximum atomic E-state index is 13.0. The number of hydrogen-bond acceptors (Lipinski definition) is 5. The van der Waals surface area contributed by atoms with Crippen molar-refractivity contribution >= 4 is 5.91 Å². The van der Waals surface area contributed by atoms with Crippen LogP contribution in [0, 0.1) is 23.2 Å². The first-order valence-electron chi connectivity index (χ1n) is 10.4. The number of carbonyl (C=O) groups excluding carboxylic acids is 1. The van der Waals surface area contributed by atoms with Crippen molar-refractivity contribution in [3.05, 3.63) is 30.2 Å². The van der Waals surface area contributed by atoms with E-state index in [9.17, 15) is 4.79 Å². The number of nitrogens with zero attached hydrogens (tertiary/aromatic N) is 2. The van der Waals surface area contributed by atoms with E-state index in [1.807, 2.05) is 24.3 Å². The molecule has 4 bridgehead atoms. The van der Waals surface area contributed by atoms with Gasteiger partial charge in [-0.25, -0.2) is 0 Å². The summed E-state index contributed by atoms with van der Waals surface area (Å²) in [5, 5.41) is 7.23. The van der Waals surface area contributed by atoms with Crippen molar-refractivity contribution in [1.29, 1.82) is 0 Å². The molecule has 1 amide bonds. The third kappa shape index (κ3) is 3.19. The molecule has 4 fully saturated rings. The largest absolute Gasteiger partial charge is 0.497 e. The second-order valence-electron chi connectivity index (χ2n) is 8.95. The topological polar surface area (TPSA) is 77.3 Å². The summed E-state index contributed by atoms with van der Waals surface area (Å²) in [5.74, 6) is 4.42. The molecule has 4 aliphatic carbocycles. The molecule has 2 aromatic rings. The Balaban J connectivity index is 1.19. The number of rotatable bonds is 6. The maximum Gasteiger partial charge on any atom is 0.228 e. The van der Waals surface area contributed by atoms with E-state index in [2.05, 4.69) is 15.5 Å². The third-order valence-corrected chi connectivity index (χ3v) is 6.94. The zero-order valence-electron chi connectivity index (χ0n) is 16.3. The van der Waals surface area contributed by atoms with E-state index in [4.69, 9.17) is 9.26 Å². The molecule has 4 saturated carbocycles. The molecule has 0 spiro atoms. The molecule has 0 aliphatic heterocycles. The minimum Gasteiger partial charge on any atom is -0.497 e. The zero-order valence-corrected chi connectivity index (χ0v) is 16.3. The number of benzene rings is 1. The first kappa shape index (κ1) is 17.7. The highest BCUT2D eigenvalue weighted by Crippen LogP contribution is 2.60. The fraction of sp³-hybridized carbons (Fsp3) is 0.591. The summed E-state index contributed by atoms with van der Waals surface area (Å²) >= 11 is 0. The quantitative estimate of drug-likeness (QED) is 0.827. The van der Waals surface area contributed by atoms with E-state index in [1.165, 1.54) is 19.3 Å². The maximum absolute atomic E-state index is 13.0. The van der Waals surface area contributed by atoms with Crippen LogP contribution in [0.2, 0.25) is 0 Å². The summed E-state index contributed by atoms with van der Waals surface area (Å²) in [7, 11) is 1.63. The molecular weight excluding hydrogens is 354 g/mol. The van der Waals surface area contributed by atoms with E-state index < -0.39 is 0 Å². The molecular formula is C22H27N3O3. The van der Waals surface area contributed by atoms with Gasteiger partial charge in [0.15, 0.2) is 0 Å². The van der Waals surface area contributed by atoms with Gasteiger partial charge in [-0.3, -0.25) is 4.79 Å². The van der Waals surface area contributed by atoms with Gasteiger partial charge >= 0.3 is 0 Å². The van der Waals surface area contributed by atoms with Gasteiger partial charge in [0.2, 0.25) is 17.6 Å². The van der Waals surface area contributed by atoms with Crippen LogP contribution < -0.4 is 10.1 Å². The van der Waals surface area contributed by atoms with Crippen LogP contribution in [-0.4, -0.2) is 29.7 Å². The van der Waals surface area contributed by atoms with Crippen LogP contribution in [0.5, 0.6) is 5.75 Å². The minimum absolute atomic E-state index is 0.102. The molecule has 4 aliphatic rings. The minimum atomic E-state index is -0.102. The number of methoxy groups -OCH3 is 1. The predicted octanol–water partition coefficient (Wildman–Crippen LogP) is 3.62. The van der Waals surface area contributed by atoms with Crippen LogP contribution in [-0.2, 0) is 11.2 Å². The molecule has 0 radical (unpaired) electrons. The van der Waals surface area contributed by atoms with Crippen LogP contribution in [0.4, 0.5) is 0 Å². The lowest BCUT2D eigenvalue weighted by molar-refractivity contribution is -0.146. The second kappa shape index (κ2) is 6.90. The summed E-state index contributed by atoms with van der Waals surface area (Å²) < 4.78 is 10.6. The third-order valence-electron chi connectivity index (χ3n) is 6.94. The van der Waals surface area contributed by atoms with Gasteiger partial charge in [0.1, 0.15) is 5.75 Å². The van der Waals surface area contributed by atoms with E-state index >= 15 is 0 Å². The normalized spacial score (nSPS) is 30.4. The van der Waals surface area contributed by atoms with Crippen molar-refractivity contribution in [2.45, 2.75) is 44.9 Å². The highest BCUT2D eigenvalue weighted by Gasteiger charge is 2.54. The molecule has 6 nitrogen and oxygen atoms in total. The smallest absolute Gasteiger partial charge is 0.228 e. The van der Waals surface area contributed by atoms with Gasteiger partial charge in [0.25, 0.3) is 0 Å². The van der Waals surface area contributed by atoms with Crippen LogP contribution in [0.3, 0.4) is 0 Å². The fourth-order valence-electron chi connectivity index (χ4n) is 6.10. The molecule has 28 heavy (non-hydrogen) atoms. The molecule has 1 aromatic heterocycles. The summed E-state index contributed by atoms with van der Waals surface area (Å²) in [6, 6.07) is 7.58. The Hall–Kier alpha value is -2.37. The Kier molecular flexibility index (Phi) is 4.37. The Bertz CT molecular complexity index is 840. The van der Waals surface area contributed by atoms with Crippen molar-refractivity contribution in [3.8, 4) is 17.1 Å². The van der Waals surface area contributed by atoms with Crippen LogP contribution >= 0.6 is 0 Å². The molecule has 0 unspecified atom stereocenters. The summed E-state index contributed by atoms with van der Waals surface area (Å²) in [6.07, 6.45) is 7.86. The average Bonchev–Trinajstić information content (AvgIpc) is 3.16. The summed E-state index contributed by atoms with van der Waals surface area (Å²) in [6.45, 7) is 0.542. The summed E-state index contributed by atoms with van der Waals surface area (Å²) in [5.41, 5.74) is 0.752. The summed E-state index contributed by atoms with van der Waals surface area (Å²) in [4.78, 5) is 17.5. The fourth-order valence-corrected chi connectivity index (χ4v) is 6.10. The Labute approximate surface area is 165 Å². The van der Waals surface area contributed by atoms with E-state index in [0.29, 0.717) is 24.7 Å². The first-order chi connectivity index (χ1) is 13.6. The van der Waals surface area contributed by atoms with Crippen molar-refractivity contribution < 1.29 is 14.1 Å². The number of hydrogen-bond donors (Lipinski definition) is 1. The van der Waals surface area contributed by atoms with Gasteiger partial charge < -0.3 is 14.6 Å². The standard InChI is InChI=1S/C22H27N3O3/c1-27-18-4-2-3-17(10-18)20-24-19(28-25-20)5-6-23-21(26)22-11-14-7-15(12-22)9-16(8-14)13-22/h2-4,10,14-16H,5-9,11-13H2,1H3,(H,23,26). The van der Waals surface area contributed by atoms with Crippen molar-refractivity contribution in [2.24, 2.45) is 23.2 Å². The number of ether oxygens (including phenoxy) is 1. The van der Waals surface area contributed by atoms with Crippen molar-refractivity contribution in [3.63, 3.8) is 0 Å². The molecule has 6 heteroatoms. The Morgan fingerprint density at radius 1 is 1.21 bits per heavy atom. The number of nitrogens with one attached hydrogen (secondary N) is 1. The van der Waals surface area contributed by atoms with E-state index in [1.54, 1.807) is 7.11 Å². The molecule has 0 saturated heterocycles. The van der Waals surface area contributed by atoms with E-state index in [0.717, 1.165) is 48.3 Å². The predicted molar refractivity (Wildman–Crippen MR) is 104 cm³/mol. The van der Waals surface area contributed by atoms with Gasteiger partial charge in [-0.05, 0) is 68.4 Å². The second-order valence-corrected chi connectivity index (χ2v) is 8.95. The Morgan fingerprint density at radius 2 is 1.93 bits per heavy atom. The van der Waals surface area contributed by atoms with Gasteiger partial charge in [0, 0.05) is 23.9 Å². The van der Waals surface area contributed by atoms with Gasteiger partial charge in [0.05, 0.1) is 7.11 Å². The zero-order chi connectivity index (χ0) is 19.1. The SMILES string of the molecule is COc1cccc(-c2noc(CCNC(=O)C34CC5CC(CC(C5)C3)C4)n2)c1. The van der Waals surface area contributed by atoms with Crippen LogP contribution in [0.15, 0.2) is 28.8 Å². The highest BCUT2D eigenvalue weighted by atomic mass is 16.5. The molecule has 0 atom stereocenters. The van der Waals surface area contributed by atoms with Crippen LogP contribution in [0.25, 0.3) is 11.4 Å². The lowest BCUT2D eigenvalue weighted by atomic mass is 9.49.